The second-order valence-electron chi connectivity index (χ2n) is 6.81. The van der Waals surface area contributed by atoms with E-state index >= 15 is 0 Å². The summed E-state index contributed by atoms with van der Waals surface area (Å²) in [6.45, 7) is 9.08. The van der Waals surface area contributed by atoms with Crippen LogP contribution in [0.2, 0.25) is 0 Å². The van der Waals surface area contributed by atoms with Crippen molar-refractivity contribution in [2.24, 2.45) is 11.3 Å². The normalized spacial score (nSPS) is 25.4. The maximum atomic E-state index is 5.74. The smallest absolute Gasteiger partial charge is 0.0521 e. The Kier molecular flexibility index (Phi) is 5.51. The summed E-state index contributed by atoms with van der Waals surface area (Å²) < 4.78 is 11.5. The van der Waals surface area contributed by atoms with E-state index in [1.165, 1.54) is 37.9 Å². The van der Waals surface area contributed by atoms with E-state index in [0.29, 0.717) is 11.3 Å². The van der Waals surface area contributed by atoms with Gasteiger partial charge in [0.05, 0.1) is 13.2 Å². The maximum Gasteiger partial charge on any atom is 0.0521 e. The summed E-state index contributed by atoms with van der Waals surface area (Å²) in [5, 5.41) is 0. The van der Waals surface area contributed by atoms with Crippen molar-refractivity contribution in [3.8, 4) is 0 Å². The molecular formula is C19H29NO2. The molecular weight excluding hydrogens is 274 g/mol. The van der Waals surface area contributed by atoms with Crippen LogP contribution in [-0.2, 0) is 16.0 Å². The number of ether oxygens (including phenoxy) is 2. The van der Waals surface area contributed by atoms with E-state index in [1.807, 2.05) is 0 Å². The SMILES string of the molecule is CCOCC1COCCC12CCN(Cc1ccccc1)CC2. The van der Waals surface area contributed by atoms with Crippen LogP contribution in [0.4, 0.5) is 0 Å². The highest BCUT2D eigenvalue weighted by atomic mass is 16.5. The largest absolute Gasteiger partial charge is 0.381 e. The van der Waals surface area contributed by atoms with E-state index in [-0.39, 0.29) is 0 Å². The number of rotatable bonds is 5. The molecule has 122 valence electrons. The molecule has 0 amide bonds. The number of likely N-dealkylation sites (tertiary alicyclic amines) is 1. The molecule has 0 aromatic heterocycles. The summed E-state index contributed by atoms with van der Waals surface area (Å²) in [5.41, 5.74) is 1.89. The molecule has 3 heteroatoms. The van der Waals surface area contributed by atoms with Crippen molar-refractivity contribution in [1.29, 1.82) is 0 Å². The van der Waals surface area contributed by atoms with Crippen molar-refractivity contribution in [1.82, 2.24) is 4.90 Å². The van der Waals surface area contributed by atoms with Gasteiger partial charge in [-0.05, 0) is 50.3 Å². The molecule has 1 aromatic carbocycles. The summed E-state index contributed by atoms with van der Waals surface area (Å²) in [6, 6.07) is 10.8. The van der Waals surface area contributed by atoms with Gasteiger partial charge < -0.3 is 9.47 Å². The van der Waals surface area contributed by atoms with Crippen LogP contribution in [0.1, 0.15) is 31.7 Å². The Bertz CT molecular complexity index is 440. The fourth-order valence-electron chi connectivity index (χ4n) is 4.02. The Labute approximate surface area is 134 Å². The Morgan fingerprint density at radius 3 is 2.68 bits per heavy atom. The van der Waals surface area contributed by atoms with Crippen molar-refractivity contribution in [3.05, 3.63) is 35.9 Å². The minimum Gasteiger partial charge on any atom is -0.381 e. The topological polar surface area (TPSA) is 21.7 Å². The summed E-state index contributed by atoms with van der Waals surface area (Å²) >= 11 is 0. The van der Waals surface area contributed by atoms with Gasteiger partial charge >= 0.3 is 0 Å². The lowest BCUT2D eigenvalue weighted by molar-refractivity contribution is -0.0993. The first kappa shape index (κ1) is 16.0. The van der Waals surface area contributed by atoms with Crippen LogP contribution in [0.15, 0.2) is 30.3 Å². The summed E-state index contributed by atoms with van der Waals surface area (Å²) in [5.74, 6) is 0.583. The maximum absolute atomic E-state index is 5.74. The molecule has 2 heterocycles. The summed E-state index contributed by atoms with van der Waals surface area (Å²) in [4.78, 5) is 2.60. The van der Waals surface area contributed by atoms with Gasteiger partial charge in [-0.2, -0.15) is 0 Å². The Morgan fingerprint density at radius 2 is 1.95 bits per heavy atom. The fourth-order valence-corrected chi connectivity index (χ4v) is 4.02. The Balaban J connectivity index is 1.56. The minimum absolute atomic E-state index is 0.459. The minimum atomic E-state index is 0.459. The zero-order chi connectivity index (χ0) is 15.3. The molecule has 2 aliphatic heterocycles. The Hall–Kier alpha value is -0.900. The van der Waals surface area contributed by atoms with Crippen LogP contribution in [0, 0.1) is 11.3 Å². The zero-order valence-electron chi connectivity index (χ0n) is 13.8. The van der Waals surface area contributed by atoms with Crippen LogP contribution >= 0.6 is 0 Å². The van der Waals surface area contributed by atoms with Gasteiger partial charge in [-0.3, -0.25) is 4.90 Å². The lowest BCUT2D eigenvalue weighted by Crippen LogP contribution is -2.49. The molecule has 2 fully saturated rings. The first-order chi connectivity index (χ1) is 10.8. The molecule has 1 unspecified atom stereocenters. The molecule has 3 rings (SSSR count). The van der Waals surface area contributed by atoms with Gasteiger partial charge in [-0.25, -0.2) is 0 Å². The van der Waals surface area contributed by atoms with E-state index in [4.69, 9.17) is 9.47 Å². The summed E-state index contributed by atoms with van der Waals surface area (Å²) in [7, 11) is 0. The lowest BCUT2D eigenvalue weighted by atomic mass is 9.66. The third-order valence-corrected chi connectivity index (χ3v) is 5.55. The highest BCUT2D eigenvalue weighted by molar-refractivity contribution is 5.14. The Morgan fingerprint density at radius 1 is 1.18 bits per heavy atom. The van der Waals surface area contributed by atoms with E-state index in [2.05, 4.69) is 42.2 Å². The molecule has 2 saturated heterocycles. The highest BCUT2D eigenvalue weighted by Crippen LogP contribution is 2.45. The van der Waals surface area contributed by atoms with Crippen molar-refractivity contribution in [3.63, 3.8) is 0 Å². The molecule has 1 spiro atoms. The van der Waals surface area contributed by atoms with Gasteiger partial charge in [0, 0.05) is 25.7 Å². The lowest BCUT2D eigenvalue weighted by Gasteiger charge is -2.49. The fraction of sp³-hybridized carbons (Fsp3) is 0.684. The van der Waals surface area contributed by atoms with Crippen LogP contribution < -0.4 is 0 Å². The number of benzene rings is 1. The van der Waals surface area contributed by atoms with Crippen molar-refractivity contribution in [2.45, 2.75) is 32.7 Å². The van der Waals surface area contributed by atoms with E-state index in [1.54, 1.807) is 0 Å². The van der Waals surface area contributed by atoms with Gasteiger partial charge in [-0.1, -0.05) is 30.3 Å². The quantitative estimate of drug-likeness (QED) is 0.833. The number of nitrogens with zero attached hydrogens (tertiary/aromatic N) is 1. The van der Waals surface area contributed by atoms with Gasteiger partial charge in [0.2, 0.25) is 0 Å². The first-order valence-electron chi connectivity index (χ1n) is 8.74. The van der Waals surface area contributed by atoms with Crippen LogP contribution in [0.3, 0.4) is 0 Å². The molecule has 22 heavy (non-hydrogen) atoms. The van der Waals surface area contributed by atoms with Crippen molar-refractivity contribution < 1.29 is 9.47 Å². The molecule has 0 bridgehead atoms. The standard InChI is InChI=1S/C19H29NO2/c1-2-21-15-18-16-22-13-10-19(18)8-11-20(12-9-19)14-17-6-4-3-5-7-17/h3-7,18H,2,8-16H2,1H3. The number of hydrogen-bond acceptors (Lipinski definition) is 3. The van der Waals surface area contributed by atoms with Gasteiger partial charge in [0.1, 0.15) is 0 Å². The predicted molar refractivity (Wildman–Crippen MR) is 88.8 cm³/mol. The van der Waals surface area contributed by atoms with Crippen molar-refractivity contribution in [2.75, 3.05) is 39.5 Å². The second-order valence-corrected chi connectivity index (χ2v) is 6.81. The average molecular weight is 303 g/mol. The van der Waals surface area contributed by atoms with Crippen molar-refractivity contribution >= 4 is 0 Å². The van der Waals surface area contributed by atoms with Gasteiger partial charge in [0.25, 0.3) is 0 Å². The van der Waals surface area contributed by atoms with Crippen LogP contribution in [-0.4, -0.2) is 44.4 Å². The monoisotopic (exact) mass is 303 g/mol. The number of piperidine rings is 1. The molecule has 1 atom stereocenters. The molecule has 1 aromatic rings. The highest BCUT2D eigenvalue weighted by Gasteiger charge is 2.43. The zero-order valence-corrected chi connectivity index (χ0v) is 13.8. The van der Waals surface area contributed by atoms with Gasteiger partial charge in [0.15, 0.2) is 0 Å². The van der Waals surface area contributed by atoms with E-state index in [9.17, 15) is 0 Å². The average Bonchev–Trinajstić information content (AvgIpc) is 2.57. The second kappa shape index (κ2) is 7.58. The van der Waals surface area contributed by atoms with Crippen LogP contribution in [0.5, 0.6) is 0 Å². The van der Waals surface area contributed by atoms with E-state index in [0.717, 1.165) is 33.0 Å². The third-order valence-electron chi connectivity index (χ3n) is 5.55. The van der Waals surface area contributed by atoms with E-state index < -0.39 is 0 Å². The third kappa shape index (κ3) is 3.70. The van der Waals surface area contributed by atoms with Gasteiger partial charge in [-0.15, -0.1) is 0 Å². The molecule has 0 N–H and O–H groups in total. The van der Waals surface area contributed by atoms with Crippen LogP contribution in [0.25, 0.3) is 0 Å². The molecule has 0 aliphatic carbocycles. The number of hydrogen-bond donors (Lipinski definition) is 0. The molecule has 2 aliphatic rings. The molecule has 0 saturated carbocycles. The molecule has 3 nitrogen and oxygen atoms in total. The summed E-state index contributed by atoms with van der Waals surface area (Å²) in [6.07, 6.45) is 3.80. The first-order valence-corrected chi connectivity index (χ1v) is 8.74. The molecule has 0 radical (unpaired) electrons. The predicted octanol–water partition coefficient (Wildman–Crippen LogP) is 3.34.